The van der Waals surface area contributed by atoms with Crippen LogP contribution in [0.4, 0.5) is 5.82 Å². The third kappa shape index (κ3) is 3.04. The van der Waals surface area contributed by atoms with Gasteiger partial charge in [-0.15, -0.1) is 0 Å². The van der Waals surface area contributed by atoms with Crippen LogP contribution in [0, 0.1) is 6.92 Å². The molecule has 2 N–H and O–H groups in total. The minimum Gasteiger partial charge on any atom is -0.353 e. The van der Waals surface area contributed by atoms with Crippen molar-refractivity contribution in [1.82, 2.24) is 9.88 Å². The van der Waals surface area contributed by atoms with Crippen LogP contribution in [0.15, 0.2) is 12.3 Å². The Bertz CT molecular complexity index is 441. The maximum absolute atomic E-state index is 10.7. The molecule has 0 aliphatic carbocycles. The first-order valence-electron chi connectivity index (χ1n) is 6.82. The van der Waals surface area contributed by atoms with Gasteiger partial charge in [0.2, 0.25) is 6.41 Å². The molecule has 2 heterocycles. The van der Waals surface area contributed by atoms with E-state index in [-0.39, 0.29) is 6.04 Å². The van der Waals surface area contributed by atoms with Crippen molar-refractivity contribution in [3.63, 3.8) is 0 Å². The van der Waals surface area contributed by atoms with Crippen LogP contribution in [0.2, 0.25) is 0 Å². The van der Waals surface area contributed by atoms with Crippen molar-refractivity contribution >= 4 is 12.2 Å². The number of rotatable bonds is 4. The summed E-state index contributed by atoms with van der Waals surface area (Å²) in [4.78, 5) is 19.2. The van der Waals surface area contributed by atoms with Crippen molar-refractivity contribution in [1.29, 1.82) is 0 Å². The summed E-state index contributed by atoms with van der Waals surface area (Å²) in [5.41, 5.74) is 8.38. The van der Waals surface area contributed by atoms with E-state index in [4.69, 9.17) is 5.73 Å². The molecule has 1 aromatic heterocycles. The number of nitrogens with zero attached hydrogens (tertiary/aromatic N) is 3. The zero-order valence-electron chi connectivity index (χ0n) is 11.7. The maximum atomic E-state index is 10.7. The highest BCUT2D eigenvalue weighted by Crippen LogP contribution is 2.22. The van der Waals surface area contributed by atoms with Gasteiger partial charge < -0.3 is 15.5 Å². The Hall–Kier alpha value is -1.62. The number of piperazine rings is 1. The number of carbonyl (C=O) groups is 1. The molecule has 104 valence electrons. The molecule has 1 unspecified atom stereocenters. The smallest absolute Gasteiger partial charge is 0.209 e. The third-order valence-corrected chi connectivity index (χ3v) is 3.76. The Morgan fingerprint density at radius 1 is 1.42 bits per heavy atom. The number of hydrogen-bond acceptors (Lipinski definition) is 4. The number of pyridine rings is 1. The summed E-state index contributed by atoms with van der Waals surface area (Å²) >= 11 is 0. The van der Waals surface area contributed by atoms with Crippen LogP contribution in [0.5, 0.6) is 0 Å². The van der Waals surface area contributed by atoms with Gasteiger partial charge in [-0.1, -0.05) is 6.92 Å². The van der Waals surface area contributed by atoms with Gasteiger partial charge in [-0.3, -0.25) is 4.79 Å². The molecule has 2 rings (SSSR count). The van der Waals surface area contributed by atoms with Gasteiger partial charge in [-0.25, -0.2) is 4.98 Å². The average Bonchev–Trinajstić information content (AvgIpc) is 2.46. The molecule has 1 aliphatic rings. The first-order valence-corrected chi connectivity index (χ1v) is 6.82. The molecular weight excluding hydrogens is 240 g/mol. The molecule has 1 atom stereocenters. The van der Waals surface area contributed by atoms with Gasteiger partial charge in [0, 0.05) is 38.4 Å². The quantitative estimate of drug-likeness (QED) is 0.825. The zero-order chi connectivity index (χ0) is 13.8. The molecule has 5 heteroatoms. The molecule has 0 aromatic carbocycles. The van der Waals surface area contributed by atoms with Crippen LogP contribution in [0.25, 0.3) is 0 Å². The van der Waals surface area contributed by atoms with E-state index >= 15 is 0 Å². The Morgan fingerprint density at radius 2 is 2.11 bits per heavy atom. The number of nitrogens with two attached hydrogens (primary N) is 1. The predicted molar refractivity (Wildman–Crippen MR) is 76.0 cm³/mol. The highest BCUT2D eigenvalue weighted by molar-refractivity contribution is 5.50. The Labute approximate surface area is 114 Å². The minimum atomic E-state index is 0.0634. The summed E-state index contributed by atoms with van der Waals surface area (Å²) in [6, 6.07) is 2.16. The lowest BCUT2D eigenvalue weighted by molar-refractivity contribution is -0.118. The number of carbonyl (C=O) groups excluding carboxylic acids is 1. The monoisotopic (exact) mass is 262 g/mol. The molecule has 1 saturated heterocycles. The number of aryl methyl sites for hydroxylation is 1. The van der Waals surface area contributed by atoms with E-state index in [9.17, 15) is 4.79 Å². The van der Waals surface area contributed by atoms with Crippen LogP contribution >= 0.6 is 0 Å². The lowest BCUT2D eigenvalue weighted by atomic mass is 10.0. The number of hydrogen-bond donors (Lipinski definition) is 1. The Kier molecular flexibility index (Phi) is 4.37. The molecule has 0 saturated carbocycles. The molecular formula is C14H22N4O. The normalized spacial score (nSPS) is 17.4. The summed E-state index contributed by atoms with van der Waals surface area (Å²) in [5.74, 6) is 0.982. The van der Waals surface area contributed by atoms with Crippen molar-refractivity contribution < 1.29 is 4.79 Å². The van der Waals surface area contributed by atoms with E-state index in [1.165, 1.54) is 5.56 Å². The van der Waals surface area contributed by atoms with Crippen molar-refractivity contribution in [3.05, 3.63) is 23.4 Å². The molecule has 1 amide bonds. The lowest BCUT2D eigenvalue weighted by Crippen LogP contribution is -2.46. The fourth-order valence-corrected chi connectivity index (χ4v) is 2.39. The van der Waals surface area contributed by atoms with E-state index in [0.717, 1.165) is 50.4 Å². The molecule has 1 aliphatic heterocycles. The van der Waals surface area contributed by atoms with E-state index in [1.54, 1.807) is 4.90 Å². The average molecular weight is 262 g/mol. The molecule has 19 heavy (non-hydrogen) atoms. The summed E-state index contributed by atoms with van der Waals surface area (Å²) < 4.78 is 0. The molecule has 0 radical (unpaired) electrons. The van der Waals surface area contributed by atoms with E-state index in [1.807, 2.05) is 6.20 Å². The number of aromatic nitrogens is 1. The van der Waals surface area contributed by atoms with Crippen molar-refractivity contribution in [3.8, 4) is 0 Å². The lowest BCUT2D eigenvalue weighted by Gasteiger charge is -2.33. The minimum absolute atomic E-state index is 0.0634. The second kappa shape index (κ2) is 6.02. The van der Waals surface area contributed by atoms with Gasteiger partial charge in [-0.05, 0) is 30.5 Å². The molecule has 0 bridgehead atoms. The second-order valence-electron chi connectivity index (χ2n) is 5.04. The molecule has 0 spiro atoms. The van der Waals surface area contributed by atoms with Gasteiger partial charge in [0.1, 0.15) is 5.82 Å². The fraction of sp³-hybridized carbons (Fsp3) is 0.571. The van der Waals surface area contributed by atoms with Gasteiger partial charge >= 0.3 is 0 Å². The predicted octanol–water partition coefficient (Wildman–Crippen LogP) is 1.08. The molecule has 5 nitrogen and oxygen atoms in total. The first-order chi connectivity index (χ1) is 9.15. The SMILES string of the molecule is CCC(N)c1cnc(N2CCN(C=O)CC2)cc1C. The van der Waals surface area contributed by atoms with Crippen LogP contribution < -0.4 is 10.6 Å². The van der Waals surface area contributed by atoms with Gasteiger partial charge in [-0.2, -0.15) is 0 Å². The second-order valence-corrected chi connectivity index (χ2v) is 5.04. The topological polar surface area (TPSA) is 62.5 Å². The highest BCUT2D eigenvalue weighted by atomic mass is 16.1. The third-order valence-electron chi connectivity index (χ3n) is 3.76. The number of amides is 1. The maximum Gasteiger partial charge on any atom is 0.209 e. The van der Waals surface area contributed by atoms with Crippen molar-refractivity contribution in [2.75, 3.05) is 31.1 Å². The standard InChI is InChI=1S/C14H22N4O/c1-3-13(15)12-9-16-14(8-11(12)2)18-6-4-17(10-19)5-7-18/h8-10,13H,3-7,15H2,1-2H3. The molecule has 1 aromatic rings. The zero-order valence-corrected chi connectivity index (χ0v) is 11.7. The van der Waals surface area contributed by atoms with Gasteiger partial charge in [0.05, 0.1) is 0 Å². The van der Waals surface area contributed by atoms with E-state index < -0.39 is 0 Å². The van der Waals surface area contributed by atoms with E-state index in [2.05, 4.69) is 29.8 Å². The Balaban J connectivity index is 2.10. The van der Waals surface area contributed by atoms with Crippen LogP contribution in [0.1, 0.15) is 30.5 Å². The van der Waals surface area contributed by atoms with Crippen LogP contribution in [-0.2, 0) is 4.79 Å². The summed E-state index contributed by atoms with van der Waals surface area (Å²) in [6.45, 7) is 7.37. The Morgan fingerprint density at radius 3 is 2.63 bits per heavy atom. The summed E-state index contributed by atoms with van der Waals surface area (Å²) in [5, 5.41) is 0. The van der Waals surface area contributed by atoms with Crippen molar-refractivity contribution in [2.24, 2.45) is 5.73 Å². The number of anilines is 1. The molecule has 1 fully saturated rings. The summed E-state index contributed by atoms with van der Waals surface area (Å²) in [7, 11) is 0. The van der Waals surface area contributed by atoms with Gasteiger partial charge in [0.15, 0.2) is 0 Å². The highest BCUT2D eigenvalue weighted by Gasteiger charge is 2.17. The van der Waals surface area contributed by atoms with Crippen molar-refractivity contribution in [2.45, 2.75) is 26.3 Å². The van der Waals surface area contributed by atoms with Crippen LogP contribution in [0.3, 0.4) is 0 Å². The largest absolute Gasteiger partial charge is 0.353 e. The first kappa shape index (κ1) is 13.8. The van der Waals surface area contributed by atoms with Crippen LogP contribution in [-0.4, -0.2) is 42.5 Å². The van der Waals surface area contributed by atoms with Gasteiger partial charge in [0.25, 0.3) is 0 Å². The summed E-state index contributed by atoms with van der Waals surface area (Å²) in [6.07, 6.45) is 3.73. The van der Waals surface area contributed by atoms with E-state index in [0.29, 0.717) is 0 Å². The fourth-order valence-electron chi connectivity index (χ4n) is 2.39.